The lowest BCUT2D eigenvalue weighted by atomic mass is 10.2. The van der Waals surface area contributed by atoms with Crippen molar-refractivity contribution in [1.29, 1.82) is 0 Å². The number of rotatable bonds is 3. The fraction of sp³-hybridized carbons (Fsp3) is 0. The number of hydrogen-bond acceptors (Lipinski definition) is 7. The smallest absolute Gasteiger partial charge is 0.230 e. The Kier molecular flexibility index (Phi) is 3.83. The van der Waals surface area contributed by atoms with Crippen LogP contribution in [0.5, 0.6) is 0 Å². The number of nitrogen functional groups attached to an aromatic ring is 1. The Bertz CT molecular complexity index is 1060. The minimum Gasteiger partial charge on any atom is -0.384 e. The summed E-state index contributed by atoms with van der Waals surface area (Å²) in [4.78, 5) is 24.1. The molecule has 10 heteroatoms. The fourth-order valence-corrected chi connectivity index (χ4v) is 2.88. The Morgan fingerprint density at radius 3 is 2.56 bits per heavy atom. The highest BCUT2D eigenvalue weighted by molar-refractivity contribution is 6.39. The molecule has 0 unspecified atom stereocenters. The molecule has 0 aliphatic heterocycles. The van der Waals surface area contributed by atoms with Crippen LogP contribution in [0, 0.1) is 0 Å². The van der Waals surface area contributed by atoms with Gasteiger partial charge in [-0.15, -0.1) is 0 Å². The van der Waals surface area contributed by atoms with Crippen LogP contribution in [0.25, 0.3) is 22.6 Å². The third-order valence-corrected chi connectivity index (χ3v) is 4.03. The lowest BCUT2D eigenvalue weighted by Gasteiger charge is -2.04. The Balaban J connectivity index is 1.82. The van der Waals surface area contributed by atoms with Crippen LogP contribution in [0.3, 0.4) is 0 Å². The van der Waals surface area contributed by atoms with E-state index in [0.717, 1.165) is 0 Å². The van der Waals surface area contributed by atoms with Gasteiger partial charge in [0.15, 0.2) is 11.5 Å². The standard InChI is InChI=1S/C15H10Cl2N8/c16-7-2-1-3-8(17)10(7)12-23-11-13(24-12)20-6-21-14(11)25-15-19-5-4-9(18)22-15/h1-6H,(H4,18,19,20,21,22,23,24,25). The zero-order valence-corrected chi connectivity index (χ0v) is 14.0. The first-order valence-electron chi connectivity index (χ1n) is 7.12. The van der Waals surface area contributed by atoms with Crippen molar-refractivity contribution in [2.24, 2.45) is 0 Å². The van der Waals surface area contributed by atoms with Crippen LogP contribution in [0.4, 0.5) is 17.6 Å². The van der Waals surface area contributed by atoms with E-state index in [1.807, 2.05) is 0 Å². The molecule has 3 heterocycles. The molecule has 0 saturated heterocycles. The summed E-state index contributed by atoms with van der Waals surface area (Å²) in [7, 11) is 0. The number of halogens is 2. The minimum atomic E-state index is 0.312. The number of nitrogens with two attached hydrogens (primary N) is 1. The number of aromatic nitrogens is 6. The van der Waals surface area contributed by atoms with Gasteiger partial charge in [-0.1, -0.05) is 29.3 Å². The number of fused-ring (bicyclic) bond motifs is 1. The minimum absolute atomic E-state index is 0.312. The SMILES string of the molecule is Nc1ccnc(Nc2ncnc3nc(-c4c(Cl)cccc4Cl)[nH]c23)n1. The van der Waals surface area contributed by atoms with Gasteiger partial charge in [0.2, 0.25) is 5.95 Å². The molecule has 0 saturated carbocycles. The number of nitrogens with zero attached hydrogens (tertiary/aromatic N) is 5. The largest absolute Gasteiger partial charge is 0.384 e. The summed E-state index contributed by atoms with van der Waals surface area (Å²) in [6, 6.07) is 6.83. The zero-order valence-electron chi connectivity index (χ0n) is 12.5. The summed E-state index contributed by atoms with van der Waals surface area (Å²) >= 11 is 12.5. The van der Waals surface area contributed by atoms with E-state index >= 15 is 0 Å². The average Bonchev–Trinajstić information content (AvgIpc) is 2.99. The van der Waals surface area contributed by atoms with E-state index in [1.54, 1.807) is 30.5 Å². The molecule has 0 atom stereocenters. The Morgan fingerprint density at radius 2 is 1.80 bits per heavy atom. The van der Waals surface area contributed by atoms with Crippen LogP contribution in [0.1, 0.15) is 0 Å². The third-order valence-electron chi connectivity index (χ3n) is 3.40. The van der Waals surface area contributed by atoms with Gasteiger partial charge in [0.1, 0.15) is 23.5 Å². The molecular weight excluding hydrogens is 363 g/mol. The van der Waals surface area contributed by atoms with Crippen LogP contribution >= 0.6 is 23.2 Å². The van der Waals surface area contributed by atoms with Gasteiger partial charge >= 0.3 is 0 Å². The molecule has 0 amide bonds. The van der Waals surface area contributed by atoms with E-state index in [0.29, 0.717) is 50.2 Å². The van der Waals surface area contributed by atoms with E-state index in [1.165, 1.54) is 6.33 Å². The second kappa shape index (κ2) is 6.15. The van der Waals surface area contributed by atoms with Crippen molar-refractivity contribution in [3.63, 3.8) is 0 Å². The molecule has 0 spiro atoms. The van der Waals surface area contributed by atoms with Crippen molar-refractivity contribution >= 4 is 51.9 Å². The molecule has 4 rings (SSSR count). The van der Waals surface area contributed by atoms with Gasteiger partial charge in [-0.2, -0.15) is 4.98 Å². The summed E-state index contributed by atoms with van der Waals surface area (Å²) < 4.78 is 0. The third kappa shape index (κ3) is 2.92. The number of anilines is 3. The summed E-state index contributed by atoms with van der Waals surface area (Å²) in [6.07, 6.45) is 2.93. The molecule has 0 bridgehead atoms. The lowest BCUT2D eigenvalue weighted by molar-refractivity contribution is 1.14. The first-order valence-corrected chi connectivity index (χ1v) is 7.88. The highest BCUT2D eigenvalue weighted by atomic mass is 35.5. The molecule has 4 aromatic rings. The number of aromatic amines is 1. The van der Waals surface area contributed by atoms with Crippen molar-refractivity contribution in [2.75, 3.05) is 11.1 Å². The second-order valence-electron chi connectivity index (χ2n) is 5.03. The maximum absolute atomic E-state index is 6.25. The first-order chi connectivity index (χ1) is 12.1. The fourth-order valence-electron chi connectivity index (χ4n) is 2.30. The Labute approximate surface area is 151 Å². The predicted octanol–water partition coefficient (Wildman–Crippen LogP) is 3.44. The van der Waals surface area contributed by atoms with Crippen LogP contribution in [-0.4, -0.2) is 29.9 Å². The van der Waals surface area contributed by atoms with Gasteiger partial charge < -0.3 is 16.0 Å². The lowest BCUT2D eigenvalue weighted by Crippen LogP contribution is -2.01. The van der Waals surface area contributed by atoms with E-state index in [4.69, 9.17) is 28.9 Å². The van der Waals surface area contributed by atoms with Gasteiger partial charge in [0.05, 0.1) is 15.6 Å². The van der Waals surface area contributed by atoms with Crippen molar-refractivity contribution in [2.45, 2.75) is 0 Å². The van der Waals surface area contributed by atoms with Crippen molar-refractivity contribution < 1.29 is 0 Å². The van der Waals surface area contributed by atoms with E-state index in [2.05, 4.69) is 35.2 Å². The molecular formula is C15H10Cl2N8. The Morgan fingerprint density at radius 1 is 1.00 bits per heavy atom. The maximum atomic E-state index is 6.25. The van der Waals surface area contributed by atoms with Crippen LogP contribution < -0.4 is 11.1 Å². The zero-order chi connectivity index (χ0) is 17.4. The summed E-state index contributed by atoms with van der Waals surface area (Å²) in [5, 5.41) is 3.95. The number of imidazole rings is 1. The molecule has 8 nitrogen and oxygen atoms in total. The second-order valence-corrected chi connectivity index (χ2v) is 5.85. The molecule has 1 aromatic carbocycles. The van der Waals surface area contributed by atoms with Gasteiger partial charge in [-0.05, 0) is 18.2 Å². The van der Waals surface area contributed by atoms with Crippen molar-refractivity contribution in [3.05, 3.63) is 46.8 Å². The summed E-state index contributed by atoms with van der Waals surface area (Å²) in [5.41, 5.74) is 7.28. The van der Waals surface area contributed by atoms with Crippen LogP contribution in [0.2, 0.25) is 10.0 Å². The number of nitrogens with one attached hydrogen (secondary N) is 2. The molecule has 124 valence electrons. The number of benzene rings is 1. The molecule has 0 aliphatic carbocycles. The van der Waals surface area contributed by atoms with Crippen molar-refractivity contribution in [3.8, 4) is 11.4 Å². The molecule has 3 aromatic heterocycles. The predicted molar refractivity (Wildman–Crippen MR) is 96.9 cm³/mol. The first kappa shape index (κ1) is 15.6. The summed E-state index contributed by atoms with van der Waals surface area (Å²) in [5.74, 6) is 1.60. The highest BCUT2D eigenvalue weighted by Gasteiger charge is 2.16. The molecule has 4 N–H and O–H groups in total. The quantitative estimate of drug-likeness (QED) is 0.503. The van der Waals surface area contributed by atoms with Crippen LogP contribution in [0.15, 0.2) is 36.8 Å². The monoisotopic (exact) mass is 372 g/mol. The maximum Gasteiger partial charge on any atom is 0.230 e. The normalized spacial score (nSPS) is 11.0. The Hall–Kier alpha value is -2.97. The average molecular weight is 373 g/mol. The van der Waals surface area contributed by atoms with Gasteiger partial charge in [0, 0.05) is 6.20 Å². The van der Waals surface area contributed by atoms with Crippen molar-refractivity contribution in [1.82, 2.24) is 29.9 Å². The molecule has 25 heavy (non-hydrogen) atoms. The molecule has 0 radical (unpaired) electrons. The highest BCUT2D eigenvalue weighted by Crippen LogP contribution is 2.34. The van der Waals surface area contributed by atoms with Gasteiger partial charge in [-0.3, -0.25) is 0 Å². The molecule has 0 fully saturated rings. The van der Waals surface area contributed by atoms with Crippen LogP contribution in [-0.2, 0) is 0 Å². The van der Waals surface area contributed by atoms with E-state index in [9.17, 15) is 0 Å². The van der Waals surface area contributed by atoms with E-state index in [-0.39, 0.29) is 0 Å². The van der Waals surface area contributed by atoms with Gasteiger partial charge in [-0.25, -0.2) is 19.9 Å². The topological polar surface area (TPSA) is 118 Å². The molecule has 0 aliphatic rings. The number of hydrogen-bond donors (Lipinski definition) is 3. The van der Waals surface area contributed by atoms with E-state index < -0.39 is 0 Å². The van der Waals surface area contributed by atoms with Gasteiger partial charge in [0.25, 0.3) is 0 Å². The number of H-pyrrole nitrogens is 1. The summed E-state index contributed by atoms with van der Waals surface area (Å²) in [6.45, 7) is 0.